The number of hydrogen-bond donors (Lipinski definition) is 1. The van der Waals surface area contributed by atoms with Gasteiger partial charge in [-0.05, 0) is 24.6 Å². The van der Waals surface area contributed by atoms with Gasteiger partial charge in [-0.1, -0.05) is 28.1 Å². The number of halogens is 10. The number of hydrogen-bond acceptors (Lipinski definition) is 1. The van der Waals surface area contributed by atoms with Crippen molar-refractivity contribution < 1.29 is 44.6 Å². The van der Waals surface area contributed by atoms with Crippen molar-refractivity contribution in [2.75, 3.05) is 0 Å². The maximum atomic E-state index is 14.5. The van der Waals surface area contributed by atoms with Crippen LogP contribution in [0.15, 0.2) is 28.7 Å². The molecular formula is C14H10BrF9O. The average molecular weight is 445 g/mol. The van der Waals surface area contributed by atoms with Crippen molar-refractivity contribution in [2.45, 2.75) is 48.3 Å². The van der Waals surface area contributed by atoms with Gasteiger partial charge in [0.05, 0.1) is 5.60 Å². The number of aliphatic hydroxyl groups is 1. The molecule has 0 radical (unpaired) electrons. The zero-order chi connectivity index (χ0) is 19.7. The van der Waals surface area contributed by atoms with Crippen molar-refractivity contribution in [1.82, 2.24) is 0 Å². The minimum absolute atomic E-state index is 0.221. The number of benzene rings is 1. The van der Waals surface area contributed by atoms with Crippen LogP contribution in [0.2, 0.25) is 0 Å². The van der Waals surface area contributed by atoms with E-state index in [0.29, 0.717) is 6.92 Å². The Hall–Kier alpha value is -0.970. The first kappa shape index (κ1) is 20.3. The van der Waals surface area contributed by atoms with Gasteiger partial charge in [0.15, 0.2) is 0 Å². The first-order chi connectivity index (χ1) is 11.0. The molecule has 0 heterocycles. The minimum atomic E-state index is -6.65. The molecule has 1 aliphatic rings. The highest BCUT2D eigenvalue weighted by atomic mass is 79.9. The second-order valence-corrected chi connectivity index (χ2v) is 6.98. The van der Waals surface area contributed by atoms with E-state index < -0.39 is 46.9 Å². The molecule has 0 aromatic heterocycles. The van der Waals surface area contributed by atoms with Crippen molar-refractivity contribution in [2.24, 2.45) is 0 Å². The summed E-state index contributed by atoms with van der Waals surface area (Å²) in [6.45, 7) is 0.580. The molecule has 0 saturated heterocycles. The van der Waals surface area contributed by atoms with Crippen LogP contribution in [0.1, 0.15) is 18.9 Å². The fourth-order valence-corrected chi connectivity index (χ4v) is 3.11. The van der Waals surface area contributed by atoms with Crippen LogP contribution in [0.25, 0.3) is 0 Å². The molecule has 0 aliphatic heterocycles. The van der Waals surface area contributed by atoms with E-state index in [-0.39, 0.29) is 4.47 Å². The maximum absolute atomic E-state index is 14.5. The zero-order valence-corrected chi connectivity index (χ0v) is 13.8. The Kier molecular flexibility index (Phi) is 4.29. The molecule has 1 N–H and O–H groups in total. The molecule has 0 amide bonds. The van der Waals surface area contributed by atoms with Gasteiger partial charge in [0.25, 0.3) is 5.67 Å². The summed E-state index contributed by atoms with van der Waals surface area (Å²) in [6, 6.07) is 4.62. The van der Waals surface area contributed by atoms with Gasteiger partial charge in [-0.15, -0.1) is 0 Å². The summed E-state index contributed by atoms with van der Waals surface area (Å²) in [4.78, 5) is 0. The predicted molar refractivity (Wildman–Crippen MR) is 72.0 cm³/mol. The lowest BCUT2D eigenvalue weighted by atomic mass is 9.80. The summed E-state index contributed by atoms with van der Waals surface area (Å²) in [5, 5.41) is 10.1. The van der Waals surface area contributed by atoms with Crippen molar-refractivity contribution in [3.05, 3.63) is 34.3 Å². The van der Waals surface area contributed by atoms with Gasteiger partial charge in [0.2, 0.25) is 0 Å². The van der Waals surface area contributed by atoms with Crippen molar-refractivity contribution in [3.63, 3.8) is 0 Å². The third-order valence-electron chi connectivity index (χ3n) is 4.21. The maximum Gasteiger partial charge on any atom is 0.381 e. The van der Waals surface area contributed by atoms with Crippen LogP contribution in [0, 0.1) is 0 Å². The Labute approximate surface area is 143 Å². The molecule has 2 rings (SSSR count). The van der Waals surface area contributed by atoms with Crippen LogP contribution in [0.4, 0.5) is 39.5 Å². The van der Waals surface area contributed by atoms with E-state index in [1.165, 1.54) is 12.1 Å². The summed E-state index contributed by atoms with van der Waals surface area (Å²) in [5.41, 5.74) is -8.98. The second-order valence-electron chi connectivity index (χ2n) is 6.06. The predicted octanol–water partition coefficient (Wildman–Crippen LogP) is 5.31. The minimum Gasteiger partial charge on any atom is -0.385 e. The molecule has 142 valence electrons. The van der Waals surface area contributed by atoms with Crippen molar-refractivity contribution in [3.8, 4) is 0 Å². The molecule has 1 aromatic rings. The lowest BCUT2D eigenvalue weighted by molar-refractivity contribution is -0.303. The second kappa shape index (κ2) is 5.28. The van der Waals surface area contributed by atoms with E-state index in [2.05, 4.69) is 15.9 Å². The molecule has 0 spiro atoms. The number of rotatable bonds is 3. The molecule has 1 aromatic carbocycles. The van der Waals surface area contributed by atoms with Gasteiger partial charge < -0.3 is 5.11 Å². The van der Waals surface area contributed by atoms with Gasteiger partial charge >= 0.3 is 23.7 Å². The largest absolute Gasteiger partial charge is 0.385 e. The quantitative estimate of drug-likeness (QED) is 0.626. The Morgan fingerprint density at radius 3 is 1.72 bits per heavy atom. The fourth-order valence-electron chi connectivity index (χ4n) is 2.71. The SMILES string of the molecule is CC(O)(CC1(F)C(F)(F)C(F)(F)C(F)(F)C1(F)F)c1cccc(Br)c1. The monoisotopic (exact) mass is 444 g/mol. The Morgan fingerprint density at radius 1 is 0.880 bits per heavy atom. The Balaban J connectivity index is 2.60. The molecule has 1 nitrogen and oxygen atoms in total. The molecule has 1 saturated carbocycles. The lowest BCUT2D eigenvalue weighted by Gasteiger charge is -2.36. The molecule has 1 atom stereocenters. The first-order valence-corrected chi connectivity index (χ1v) is 7.43. The Morgan fingerprint density at radius 2 is 1.32 bits per heavy atom. The third-order valence-corrected chi connectivity index (χ3v) is 4.71. The molecule has 1 aliphatic carbocycles. The van der Waals surface area contributed by atoms with Crippen LogP contribution < -0.4 is 0 Å². The topological polar surface area (TPSA) is 20.2 Å². The zero-order valence-electron chi connectivity index (χ0n) is 12.2. The van der Waals surface area contributed by atoms with Gasteiger partial charge in [0, 0.05) is 10.9 Å². The normalized spacial score (nSPS) is 27.7. The van der Waals surface area contributed by atoms with E-state index in [1.54, 1.807) is 0 Å². The molecule has 1 fully saturated rings. The Bertz CT molecular complexity index is 661. The highest BCUT2D eigenvalue weighted by Gasteiger charge is 3.00. The van der Waals surface area contributed by atoms with E-state index in [1.807, 2.05) is 0 Å². The molecule has 11 heteroatoms. The summed E-state index contributed by atoms with van der Waals surface area (Å²) >= 11 is 2.92. The van der Waals surface area contributed by atoms with Crippen LogP contribution >= 0.6 is 15.9 Å². The molecule has 1 unspecified atom stereocenters. The summed E-state index contributed by atoms with van der Waals surface area (Å²) < 4.78 is 122. The van der Waals surface area contributed by atoms with Crippen LogP contribution in [0.3, 0.4) is 0 Å². The fraction of sp³-hybridized carbons (Fsp3) is 0.571. The summed E-state index contributed by atoms with van der Waals surface area (Å²) in [6.07, 6.45) is -2.39. The highest BCUT2D eigenvalue weighted by molar-refractivity contribution is 9.10. The average Bonchev–Trinajstić information content (AvgIpc) is 2.49. The standard InChI is InChI=1S/C14H10BrF9O/c1-9(25,7-3-2-4-8(15)5-7)6-10(16)11(17,18)13(21,22)14(23,24)12(10,19)20/h2-5,25H,6H2,1H3. The van der Waals surface area contributed by atoms with Gasteiger partial charge in [-0.3, -0.25) is 0 Å². The van der Waals surface area contributed by atoms with E-state index >= 15 is 0 Å². The van der Waals surface area contributed by atoms with Crippen molar-refractivity contribution >= 4 is 15.9 Å². The van der Waals surface area contributed by atoms with E-state index in [0.717, 1.165) is 12.1 Å². The molecular weight excluding hydrogens is 435 g/mol. The van der Waals surface area contributed by atoms with Gasteiger partial charge in [0.1, 0.15) is 0 Å². The van der Waals surface area contributed by atoms with E-state index in [4.69, 9.17) is 0 Å². The highest BCUT2D eigenvalue weighted by Crippen LogP contribution is 2.70. The summed E-state index contributed by atoms with van der Waals surface area (Å²) in [5.74, 6) is -26.1. The molecule has 0 bridgehead atoms. The smallest absolute Gasteiger partial charge is 0.381 e. The third kappa shape index (κ3) is 2.34. The lowest BCUT2D eigenvalue weighted by Crippen LogP contribution is -2.57. The molecule has 25 heavy (non-hydrogen) atoms. The van der Waals surface area contributed by atoms with Gasteiger partial charge in [-0.2, -0.15) is 35.1 Å². The van der Waals surface area contributed by atoms with Crippen LogP contribution in [0.5, 0.6) is 0 Å². The summed E-state index contributed by atoms with van der Waals surface area (Å²) in [7, 11) is 0. The van der Waals surface area contributed by atoms with Gasteiger partial charge in [-0.25, -0.2) is 4.39 Å². The van der Waals surface area contributed by atoms with Crippen LogP contribution in [-0.4, -0.2) is 34.5 Å². The number of alkyl halides is 9. The first-order valence-electron chi connectivity index (χ1n) is 6.64. The van der Waals surface area contributed by atoms with Crippen molar-refractivity contribution in [1.29, 1.82) is 0 Å². The van der Waals surface area contributed by atoms with E-state index in [9.17, 15) is 44.6 Å². The van der Waals surface area contributed by atoms with Crippen LogP contribution in [-0.2, 0) is 5.60 Å².